The third-order valence-corrected chi connectivity index (χ3v) is 5.49. The van der Waals surface area contributed by atoms with Crippen LogP contribution < -0.4 is 0 Å². The van der Waals surface area contributed by atoms with Crippen molar-refractivity contribution in [2.75, 3.05) is 19.6 Å². The van der Waals surface area contributed by atoms with Crippen LogP contribution in [-0.4, -0.2) is 24.5 Å². The lowest BCUT2D eigenvalue weighted by atomic mass is 9.87. The number of fused-ring (bicyclic) bond motifs is 1. The molecule has 1 aliphatic heterocycles. The molecule has 0 radical (unpaired) electrons. The Bertz CT molecular complexity index is 896. The molecule has 3 aromatic carbocycles. The third-order valence-electron chi connectivity index (χ3n) is 5.49. The van der Waals surface area contributed by atoms with Crippen LogP contribution in [0.1, 0.15) is 47.6 Å². The van der Waals surface area contributed by atoms with Crippen LogP contribution in [0, 0.1) is 6.92 Å². The minimum Gasteiger partial charge on any atom is -0.298 e. The van der Waals surface area contributed by atoms with Gasteiger partial charge in [0.15, 0.2) is 0 Å². The van der Waals surface area contributed by atoms with Crippen molar-refractivity contribution in [2.24, 2.45) is 0 Å². The summed E-state index contributed by atoms with van der Waals surface area (Å²) in [4.78, 5) is 2.59. The molecule has 150 valence electrons. The molecule has 1 heteroatoms. The fraction of sp³-hybridized carbons (Fsp3) is 0.286. The Hall–Kier alpha value is -2.64. The van der Waals surface area contributed by atoms with Crippen molar-refractivity contribution in [3.63, 3.8) is 0 Å². The van der Waals surface area contributed by atoms with E-state index in [1.54, 1.807) is 0 Å². The first-order valence-electron chi connectivity index (χ1n) is 10.9. The highest BCUT2D eigenvalue weighted by atomic mass is 15.1. The van der Waals surface area contributed by atoms with Crippen LogP contribution in [0.4, 0.5) is 0 Å². The van der Waals surface area contributed by atoms with E-state index in [-0.39, 0.29) is 0 Å². The van der Waals surface area contributed by atoms with Gasteiger partial charge in [0.05, 0.1) is 0 Å². The van der Waals surface area contributed by atoms with Crippen LogP contribution in [0.15, 0.2) is 84.9 Å². The predicted octanol–water partition coefficient (Wildman–Crippen LogP) is 6.72. The summed E-state index contributed by atoms with van der Waals surface area (Å²) in [6.45, 7) is 9.37. The molecular weight excluding hydrogens is 350 g/mol. The van der Waals surface area contributed by atoms with E-state index in [2.05, 4.69) is 103 Å². The second-order valence-electron chi connectivity index (χ2n) is 7.49. The summed E-state index contributed by atoms with van der Waals surface area (Å²) in [6.07, 6.45) is 5.66. The number of nitrogens with zero attached hydrogens (tertiary/aromatic N) is 1. The molecule has 0 N–H and O–H groups in total. The highest BCUT2D eigenvalue weighted by Crippen LogP contribution is 2.32. The highest BCUT2D eigenvalue weighted by molar-refractivity contribution is 5.49. The second kappa shape index (κ2) is 10.8. The molecule has 0 aliphatic carbocycles. The zero-order valence-electron chi connectivity index (χ0n) is 18.0. The SMILES string of the molecule is CC.Cc1ccc2c(c1)C(c1ccccc1)CN(C/C=C/c1ccccc1)CC2. The lowest BCUT2D eigenvalue weighted by Crippen LogP contribution is -2.29. The van der Waals surface area contributed by atoms with Gasteiger partial charge in [0, 0.05) is 25.6 Å². The zero-order valence-corrected chi connectivity index (χ0v) is 18.0. The summed E-state index contributed by atoms with van der Waals surface area (Å²) in [6, 6.07) is 28.5. The predicted molar refractivity (Wildman–Crippen MR) is 126 cm³/mol. The molecule has 4 rings (SSSR count). The monoisotopic (exact) mass is 383 g/mol. The average molecular weight is 384 g/mol. The van der Waals surface area contributed by atoms with Crippen molar-refractivity contribution in [3.05, 3.63) is 113 Å². The Morgan fingerprint density at radius 3 is 2.31 bits per heavy atom. The molecule has 29 heavy (non-hydrogen) atoms. The van der Waals surface area contributed by atoms with Gasteiger partial charge >= 0.3 is 0 Å². The van der Waals surface area contributed by atoms with Gasteiger partial charge in [-0.05, 0) is 35.6 Å². The number of benzene rings is 3. The van der Waals surface area contributed by atoms with Crippen LogP contribution in [-0.2, 0) is 6.42 Å². The van der Waals surface area contributed by atoms with Crippen LogP contribution in [0.5, 0.6) is 0 Å². The molecule has 3 aromatic rings. The standard InChI is InChI=1S/C26H27N.C2H6/c1-21-14-15-24-16-18-27(17-8-11-22-9-4-2-5-10-22)20-26(25(24)19-21)23-12-6-3-7-13-23;1-2/h2-15,19,26H,16-18,20H2,1H3;1-2H3/b11-8+;. The van der Waals surface area contributed by atoms with Gasteiger partial charge in [-0.25, -0.2) is 0 Å². The third kappa shape index (κ3) is 5.68. The van der Waals surface area contributed by atoms with E-state index in [4.69, 9.17) is 0 Å². The summed E-state index contributed by atoms with van der Waals surface area (Å²) in [5, 5.41) is 0. The first kappa shape index (κ1) is 21.1. The van der Waals surface area contributed by atoms with Crippen molar-refractivity contribution in [1.29, 1.82) is 0 Å². The van der Waals surface area contributed by atoms with Gasteiger partial charge in [-0.1, -0.05) is 110 Å². The fourth-order valence-electron chi connectivity index (χ4n) is 4.03. The molecule has 1 nitrogen and oxygen atoms in total. The number of hydrogen-bond donors (Lipinski definition) is 0. The van der Waals surface area contributed by atoms with Gasteiger partial charge in [-0.2, -0.15) is 0 Å². The topological polar surface area (TPSA) is 3.24 Å². The molecule has 0 bridgehead atoms. The maximum absolute atomic E-state index is 2.59. The maximum Gasteiger partial charge on any atom is 0.0220 e. The molecule has 1 unspecified atom stereocenters. The van der Waals surface area contributed by atoms with Crippen molar-refractivity contribution >= 4 is 6.08 Å². The average Bonchev–Trinajstić information content (AvgIpc) is 2.96. The summed E-state index contributed by atoms with van der Waals surface area (Å²) >= 11 is 0. The van der Waals surface area contributed by atoms with Gasteiger partial charge in [0.25, 0.3) is 0 Å². The molecule has 1 aliphatic rings. The largest absolute Gasteiger partial charge is 0.298 e. The van der Waals surface area contributed by atoms with Crippen LogP contribution in [0.2, 0.25) is 0 Å². The molecule has 0 saturated heterocycles. The van der Waals surface area contributed by atoms with E-state index >= 15 is 0 Å². The van der Waals surface area contributed by atoms with Gasteiger partial charge in [0.2, 0.25) is 0 Å². The minimum absolute atomic E-state index is 0.439. The molecule has 1 atom stereocenters. The van der Waals surface area contributed by atoms with Crippen molar-refractivity contribution < 1.29 is 0 Å². The normalized spacial score (nSPS) is 16.6. The van der Waals surface area contributed by atoms with Crippen LogP contribution in [0.25, 0.3) is 6.08 Å². The van der Waals surface area contributed by atoms with E-state index in [0.29, 0.717) is 5.92 Å². The lowest BCUT2D eigenvalue weighted by molar-refractivity contribution is 0.306. The van der Waals surface area contributed by atoms with Crippen LogP contribution in [0.3, 0.4) is 0 Å². The highest BCUT2D eigenvalue weighted by Gasteiger charge is 2.23. The number of rotatable bonds is 4. The van der Waals surface area contributed by atoms with E-state index in [0.717, 1.165) is 26.1 Å². The maximum atomic E-state index is 2.59. The Morgan fingerprint density at radius 1 is 0.897 bits per heavy atom. The Balaban J connectivity index is 0.00000117. The summed E-state index contributed by atoms with van der Waals surface area (Å²) in [5.74, 6) is 0.439. The molecule has 0 aromatic heterocycles. The van der Waals surface area contributed by atoms with Gasteiger partial charge in [0.1, 0.15) is 0 Å². The Labute approximate surface area is 176 Å². The molecule has 0 spiro atoms. The summed E-state index contributed by atoms with van der Waals surface area (Å²) in [7, 11) is 0. The number of aryl methyl sites for hydroxylation is 1. The molecular formula is C28H33N. The van der Waals surface area contributed by atoms with Gasteiger partial charge in [-0.3, -0.25) is 4.90 Å². The summed E-state index contributed by atoms with van der Waals surface area (Å²) in [5.41, 5.74) is 7.06. The minimum atomic E-state index is 0.439. The van der Waals surface area contributed by atoms with E-state index in [1.807, 2.05) is 13.8 Å². The van der Waals surface area contributed by atoms with E-state index < -0.39 is 0 Å². The molecule has 0 fully saturated rings. The van der Waals surface area contributed by atoms with Gasteiger partial charge < -0.3 is 0 Å². The molecule has 1 heterocycles. The molecule has 0 amide bonds. The van der Waals surface area contributed by atoms with Crippen molar-refractivity contribution in [1.82, 2.24) is 4.90 Å². The van der Waals surface area contributed by atoms with E-state index in [1.165, 1.54) is 27.8 Å². The second-order valence-corrected chi connectivity index (χ2v) is 7.49. The first-order chi connectivity index (χ1) is 14.3. The lowest BCUT2D eigenvalue weighted by Gasteiger charge is -2.24. The smallest absolute Gasteiger partial charge is 0.0220 e. The quantitative estimate of drug-likeness (QED) is 0.483. The number of hydrogen-bond acceptors (Lipinski definition) is 1. The summed E-state index contributed by atoms with van der Waals surface area (Å²) < 4.78 is 0. The Morgan fingerprint density at radius 2 is 1.59 bits per heavy atom. The zero-order chi connectivity index (χ0) is 20.5. The molecule has 0 saturated carbocycles. The van der Waals surface area contributed by atoms with Crippen molar-refractivity contribution in [3.8, 4) is 0 Å². The fourth-order valence-corrected chi connectivity index (χ4v) is 4.03. The van der Waals surface area contributed by atoms with Gasteiger partial charge in [-0.15, -0.1) is 0 Å². The first-order valence-corrected chi connectivity index (χ1v) is 10.9. The van der Waals surface area contributed by atoms with Crippen molar-refractivity contribution in [2.45, 2.75) is 33.1 Å². The Kier molecular flexibility index (Phi) is 7.84. The van der Waals surface area contributed by atoms with Crippen LogP contribution >= 0.6 is 0 Å². The van der Waals surface area contributed by atoms with E-state index in [9.17, 15) is 0 Å².